The van der Waals surface area contributed by atoms with Gasteiger partial charge in [0, 0.05) is 68.2 Å². The number of nitrogens with zero attached hydrogens (tertiary/aromatic N) is 5. The van der Waals surface area contributed by atoms with E-state index in [0.717, 1.165) is 94.0 Å². The zero-order valence-electron chi connectivity index (χ0n) is 35.8. The summed E-state index contributed by atoms with van der Waals surface area (Å²) >= 11 is 0. The van der Waals surface area contributed by atoms with E-state index >= 15 is 0 Å². The molecule has 0 bridgehead atoms. The number of sulfonamides is 1. The smallest absolute Gasteiger partial charge is 0.312 e. The first-order chi connectivity index (χ1) is 30.5. The van der Waals surface area contributed by atoms with Crippen molar-refractivity contribution in [3.8, 4) is 11.5 Å². The number of rotatable bonds is 13. The molecule has 330 valence electrons. The van der Waals surface area contributed by atoms with Crippen LogP contribution < -0.4 is 19.7 Å². The maximum atomic E-state index is 14.0. The Morgan fingerprint density at radius 2 is 1.71 bits per heavy atom. The number of benzene rings is 2. The number of H-pyrrole nitrogens is 1. The van der Waals surface area contributed by atoms with Gasteiger partial charge in [-0.05, 0) is 116 Å². The molecule has 5 aromatic rings. The summed E-state index contributed by atoms with van der Waals surface area (Å²) in [6, 6.07) is 19.6. The maximum absolute atomic E-state index is 14.0. The molecule has 15 heteroatoms. The van der Waals surface area contributed by atoms with Crippen LogP contribution in [0.25, 0.3) is 11.0 Å². The van der Waals surface area contributed by atoms with Crippen LogP contribution in [0, 0.1) is 27.4 Å². The molecular weight excluding hydrogens is 817 g/mol. The summed E-state index contributed by atoms with van der Waals surface area (Å²) < 4.78 is 35.9. The van der Waals surface area contributed by atoms with Crippen LogP contribution in [-0.4, -0.2) is 77.9 Å². The Hall–Kier alpha value is -5.54. The van der Waals surface area contributed by atoms with E-state index in [4.69, 9.17) is 4.74 Å². The van der Waals surface area contributed by atoms with Crippen LogP contribution in [0.3, 0.4) is 0 Å². The number of amides is 1. The number of ether oxygens (including phenoxy) is 1. The molecule has 63 heavy (non-hydrogen) atoms. The number of aromatic nitrogens is 3. The van der Waals surface area contributed by atoms with Gasteiger partial charge in [0.2, 0.25) is 5.82 Å². The van der Waals surface area contributed by atoms with Crippen LogP contribution in [0.15, 0.2) is 84.1 Å². The van der Waals surface area contributed by atoms with Crippen molar-refractivity contribution in [3.05, 3.63) is 106 Å². The predicted octanol–water partition coefficient (Wildman–Crippen LogP) is 9.13. The van der Waals surface area contributed by atoms with Gasteiger partial charge in [-0.1, -0.05) is 50.5 Å². The molecule has 10 rings (SSSR count). The molecule has 5 fully saturated rings. The van der Waals surface area contributed by atoms with Gasteiger partial charge in [-0.15, -0.1) is 0 Å². The number of pyridine rings is 2. The minimum absolute atomic E-state index is 0.00538. The summed E-state index contributed by atoms with van der Waals surface area (Å²) in [5, 5.41) is 16.0. The van der Waals surface area contributed by atoms with Crippen molar-refractivity contribution >= 4 is 44.2 Å². The number of nitro groups is 1. The number of piperidine rings is 1. The van der Waals surface area contributed by atoms with E-state index in [9.17, 15) is 23.3 Å². The van der Waals surface area contributed by atoms with Crippen LogP contribution in [0.2, 0.25) is 0 Å². The van der Waals surface area contributed by atoms with Gasteiger partial charge in [0.05, 0.1) is 22.9 Å². The number of aromatic amines is 1. The highest BCUT2D eigenvalue weighted by Gasteiger charge is 2.49. The van der Waals surface area contributed by atoms with E-state index < -0.39 is 31.4 Å². The van der Waals surface area contributed by atoms with Crippen molar-refractivity contribution in [1.29, 1.82) is 0 Å². The lowest BCUT2D eigenvalue weighted by atomic mass is 9.70. The molecular formula is C48H56N8O6S. The Morgan fingerprint density at radius 3 is 2.48 bits per heavy atom. The number of hydrogen-bond donors (Lipinski definition) is 3. The summed E-state index contributed by atoms with van der Waals surface area (Å²) in [5.41, 5.74) is 4.52. The number of carbonyl (C=O) groups excluding carboxylic acids is 1. The molecule has 2 aromatic carbocycles. The third-order valence-electron chi connectivity index (χ3n) is 14.7. The van der Waals surface area contributed by atoms with Gasteiger partial charge in [0.1, 0.15) is 22.0 Å². The number of hydrogen-bond acceptors (Lipinski definition) is 11. The number of fused-ring (bicyclic) bond motifs is 1. The molecule has 2 aliphatic heterocycles. The van der Waals surface area contributed by atoms with Crippen molar-refractivity contribution < 1.29 is 22.9 Å². The van der Waals surface area contributed by atoms with Gasteiger partial charge in [0.15, 0.2) is 0 Å². The molecule has 14 nitrogen and oxygen atoms in total. The van der Waals surface area contributed by atoms with Crippen molar-refractivity contribution in [1.82, 2.24) is 24.6 Å². The molecule has 0 unspecified atom stereocenters. The molecule has 3 saturated carbocycles. The Kier molecular flexibility index (Phi) is 11.1. The van der Waals surface area contributed by atoms with E-state index in [2.05, 4.69) is 66.0 Å². The van der Waals surface area contributed by atoms with Gasteiger partial charge in [-0.3, -0.25) is 19.8 Å². The molecule has 1 amide bonds. The maximum Gasteiger partial charge on any atom is 0.312 e. The number of nitrogens with one attached hydrogen (secondary N) is 3. The normalized spacial score (nSPS) is 23.7. The standard InChI is InChI=1S/C48H56N8O6S/c1-31-9-11-32(12-10-31)26-50-46-43(56(58)59)25-37(28-52-46)63(60,61)53-47(57)41-16-15-35(24-44(41)62-36-23-34-17-20-49-45(34)51-27-36)54-21-18-48(19-22-54)29-55(30-48)42-8-4-7-40(42)39-6-3-2-5-38(39)33-13-14-33/h2-3,5-6,15-17,20,23-25,27-28,31-33,40,42H,4,7-14,18-19,21-22,26,29-30H2,1H3,(H,49,51)(H,50,52)(H,53,57)/t31-,32+,40-,42-/m0/s1. The fourth-order valence-corrected chi connectivity index (χ4v) is 11.8. The molecule has 5 heterocycles. The second kappa shape index (κ2) is 16.9. The van der Waals surface area contributed by atoms with E-state index in [1.54, 1.807) is 41.7 Å². The van der Waals surface area contributed by atoms with E-state index in [1.165, 1.54) is 32.1 Å². The monoisotopic (exact) mass is 872 g/mol. The van der Waals surface area contributed by atoms with Crippen LogP contribution in [0.4, 0.5) is 17.2 Å². The lowest BCUT2D eigenvalue weighted by Crippen LogP contribution is -2.63. The first-order valence-electron chi connectivity index (χ1n) is 22.8. The average molecular weight is 873 g/mol. The van der Waals surface area contributed by atoms with Crippen molar-refractivity contribution in [2.45, 2.75) is 100 Å². The van der Waals surface area contributed by atoms with E-state index in [1.807, 2.05) is 12.1 Å². The Bertz CT molecular complexity index is 2620. The Morgan fingerprint density at radius 1 is 0.937 bits per heavy atom. The highest BCUT2D eigenvalue weighted by atomic mass is 32.2. The highest BCUT2D eigenvalue weighted by molar-refractivity contribution is 7.90. The van der Waals surface area contributed by atoms with Crippen LogP contribution in [-0.2, 0) is 10.0 Å². The largest absolute Gasteiger partial charge is 0.455 e. The number of anilines is 2. The lowest BCUT2D eigenvalue weighted by molar-refractivity contribution is -0.384. The van der Waals surface area contributed by atoms with Gasteiger partial charge in [0.25, 0.3) is 15.9 Å². The summed E-state index contributed by atoms with van der Waals surface area (Å²) in [5.74, 6) is 1.97. The van der Waals surface area contributed by atoms with E-state index in [-0.39, 0.29) is 22.5 Å². The fourth-order valence-electron chi connectivity index (χ4n) is 10.9. The fraction of sp³-hybridized carbons (Fsp3) is 0.479. The second-order valence-corrected chi connectivity index (χ2v) is 20.7. The van der Waals surface area contributed by atoms with Gasteiger partial charge < -0.3 is 19.9 Å². The summed E-state index contributed by atoms with van der Waals surface area (Å²) in [7, 11) is -4.59. The molecule has 0 radical (unpaired) electrons. The number of likely N-dealkylation sites (tertiary alicyclic amines) is 1. The second-order valence-electron chi connectivity index (χ2n) is 19.0. The Labute approximate surface area is 368 Å². The summed E-state index contributed by atoms with van der Waals surface area (Å²) in [6.45, 7) is 6.67. The first-order valence-corrected chi connectivity index (χ1v) is 24.3. The molecule has 5 aliphatic rings. The SMILES string of the molecule is C[C@H]1CC[C@@H](CNc2ncc(S(=O)(=O)NC(=O)c3ccc(N4CCC5(CC4)CN([C@H]4CCC[C@H]4c4ccccc4C4CC4)C5)cc3Oc3cnc4[nH]ccc4c3)cc2[N+](=O)[O-])CC1. The predicted molar refractivity (Wildman–Crippen MR) is 242 cm³/mol. The molecule has 2 atom stereocenters. The van der Waals surface area contributed by atoms with Gasteiger partial charge in [-0.25, -0.2) is 23.1 Å². The minimum Gasteiger partial charge on any atom is -0.455 e. The summed E-state index contributed by atoms with van der Waals surface area (Å²) in [4.78, 5) is 41.6. The van der Waals surface area contributed by atoms with Crippen molar-refractivity contribution in [2.75, 3.05) is 42.9 Å². The third kappa shape index (κ3) is 8.61. The summed E-state index contributed by atoms with van der Waals surface area (Å²) in [6.07, 6.45) is 17.2. The van der Waals surface area contributed by atoms with E-state index in [0.29, 0.717) is 41.7 Å². The zero-order valence-corrected chi connectivity index (χ0v) is 36.6. The van der Waals surface area contributed by atoms with Crippen molar-refractivity contribution in [3.63, 3.8) is 0 Å². The van der Waals surface area contributed by atoms with Crippen LogP contribution >= 0.6 is 0 Å². The third-order valence-corrected chi connectivity index (χ3v) is 16.0. The first kappa shape index (κ1) is 41.5. The van der Waals surface area contributed by atoms with Gasteiger partial charge >= 0.3 is 5.69 Å². The molecule has 1 spiro atoms. The molecule has 3 aromatic heterocycles. The van der Waals surface area contributed by atoms with Crippen LogP contribution in [0.5, 0.6) is 11.5 Å². The minimum atomic E-state index is -4.59. The quantitative estimate of drug-likeness (QED) is 0.0760. The molecule has 3 N–H and O–H groups in total. The zero-order chi connectivity index (χ0) is 43.3. The van der Waals surface area contributed by atoms with Crippen LogP contribution in [0.1, 0.15) is 111 Å². The Balaban J connectivity index is 0.836. The molecule has 2 saturated heterocycles. The molecule has 3 aliphatic carbocycles. The number of carbonyl (C=O) groups is 1. The average Bonchev–Trinajstić information content (AvgIpc) is 3.82. The lowest BCUT2D eigenvalue weighted by Gasteiger charge is -2.57. The van der Waals surface area contributed by atoms with Gasteiger partial charge in [-0.2, -0.15) is 0 Å². The highest BCUT2D eigenvalue weighted by Crippen LogP contribution is 2.51. The van der Waals surface area contributed by atoms with Crippen molar-refractivity contribution in [2.24, 2.45) is 17.3 Å². The topological polar surface area (TPSA) is 176 Å².